The summed E-state index contributed by atoms with van der Waals surface area (Å²) in [7, 11) is 1.61. The number of Topliss-reactive ketones (excluding diaryl/α,β-unsaturated/α-hetero) is 1. The van der Waals surface area contributed by atoms with Crippen molar-refractivity contribution in [3.63, 3.8) is 0 Å². The van der Waals surface area contributed by atoms with Crippen molar-refractivity contribution in [2.75, 3.05) is 12.4 Å². The number of anilines is 1. The quantitative estimate of drug-likeness (QED) is 0.505. The zero-order valence-electron chi connectivity index (χ0n) is 15.4. The minimum Gasteiger partial charge on any atom is -0.497 e. The highest BCUT2D eigenvalue weighted by atomic mass is 35.5. The average molecular weight is 380 g/mol. The van der Waals surface area contributed by atoms with E-state index >= 15 is 0 Å². The van der Waals surface area contributed by atoms with Gasteiger partial charge in [-0.1, -0.05) is 48.0 Å². The molecule has 0 saturated heterocycles. The lowest BCUT2D eigenvalue weighted by molar-refractivity contribution is 0.0976. The molecule has 138 valence electrons. The summed E-state index contributed by atoms with van der Waals surface area (Å²) >= 11 is 6.25. The van der Waals surface area contributed by atoms with Crippen LogP contribution in [0.25, 0.3) is 0 Å². The van der Waals surface area contributed by atoms with Crippen LogP contribution in [-0.4, -0.2) is 12.9 Å². The number of carbonyl (C=O) groups is 1. The Morgan fingerprint density at radius 2 is 1.74 bits per heavy atom. The first-order valence-electron chi connectivity index (χ1n) is 8.81. The number of hydrogen-bond acceptors (Lipinski definition) is 3. The molecule has 27 heavy (non-hydrogen) atoms. The van der Waals surface area contributed by atoms with Crippen molar-refractivity contribution in [1.82, 2.24) is 0 Å². The van der Waals surface area contributed by atoms with Crippen molar-refractivity contribution in [1.29, 1.82) is 0 Å². The van der Waals surface area contributed by atoms with Gasteiger partial charge in [0.05, 0.1) is 13.2 Å². The second-order valence-electron chi connectivity index (χ2n) is 6.43. The maximum Gasteiger partial charge on any atom is 0.165 e. The van der Waals surface area contributed by atoms with Crippen molar-refractivity contribution >= 4 is 23.1 Å². The number of ketones is 1. The molecular formula is C23H22ClNO2. The molecule has 0 spiro atoms. The van der Waals surface area contributed by atoms with Gasteiger partial charge in [-0.25, -0.2) is 0 Å². The summed E-state index contributed by atoms with van der Waals surface area (Å²) in [6.07, 6.45) is 0.335. The third-order valence-corrected chi connectivity index (χ3v) is 4.92. The highest BCUT2D eigenvalue weighted by Gasteiger charge is 2.17. The highest BCUT2D eigenvalue weighted by Crippen LogP contribution is 2.27. The molecule has 0 amide bonds. The van der Waals surface area contributed by atoms with Gasteiger partial charge in [-0.15, -0.1) is 0 Å². The molecule has 0 aliphatic heterocycles. The van der Waals surface area contributed by atoms with E-state index in [2.05, 4.69) is 5.32 Å². The van der Waals surface area contributed by atoms with E-state index in [1.165, 1.54) is 0 Å². The molecule has 3 aromatic carbocycles. The summed E-state index contributed by atoms with van der Waals surface area (Å²) in [5, 5.41) is 4.16. The fourth-order valence-corrected chi connectivity index (χ4v) is 3.08. The lowest BCUT2D eigenvalue weighted by Gasteiger charge is -2.20. The molecule has 3 rings (SSSR count). The maximum atomic E-state index is 12.8. The molecule has 0 aliphatic carbocycles. The number of benzene rings is 3. The number of aryl methyl sites for hydroxylation is 1. The summed E-state index contributed by atoms with van der Waals surface area (Å²) in [6.45, 7) is 1.97. The van der Waals surface area contributed by atoms with Gasteiger partial charge in [-0.2, -0.15) is 0 Å². The Morgan fingerprint density at radius 1 is 1.04 bits per heavy atom. The third-order valence-electron chi connectivity index (χ3n) is 4.52. The normalized spacial score (nSPS) is 11.7. The molecule has 1 unspecified atom stereocenters. The fourth-order valence-electron chi connectivity index (χ4n) is 2.90. The predicted octanol–water partition coefficient (Wildman–Crippen LogP) is 6.08. The number of methoxy groups -OCH3 is 1. The van der Waals surface area contributed by atoms with Crippen LogP contribution in [0.3, 0.4) is 0 Å². The number of ether oxygens (including phenoxy) is 1. The molecule has 0 saturated carbocycles. The van der Waals surface area contributed by atoms with Crippen molar-refractivity contribution in [2.24, 2.45) is 0 Å². The highest BCUT2D eigenvalue weighted by molar-refractivity contribution is 6.31. The molecule has 0 heterocycles. The summed E-state index contributed by atoms with van der Waals surface area (Å²) in [4.78, 5) is 12.8. The second-order valence-corrected chi connectivity index (χ2v) is 6.83. The van der Waals surface area contributed by atoms with E-state index in [0.29, 0.717) is 17.0 Å². The van der Waals surface area contributed by atoms with Crippen LogP contribution in [0, 0.1) is 6.92 Å². The van der Waals surface area contributed by atoms with Gasteiger partial charge in [0.2, 0.25) is 0 Å². The molecule has 0 fully saturated rings. The van der Waals surface area contributed by atoms with Crippen LogP contribution in [0.15, 0.2) is 72.8 Å². The Balaban J connectivity index is 1.83. The molecule has 1 N–H and O–H groups in total. The monoisotopic (exact) mass is 379 g/mol. The Morgan fingerprint density at radius 3 is 2.37 bits per heavy atom. The number of carbonyl (C=O) groups excluding carboxylic acids is 1. The molecule has 0 aliphatic rings. The van der Waals surface area contributed by atoms with Crippen LogP contribution in [0.5, 0.6) is 5.75 Å². The van der Waals surface area contributed by atoms with Crippen molar-refractivity contribution in [3.05, 3.63) is 94.5 Å². The molecular weight excluding hydrogens is 358 g/mol. The van der Waals surface area contributed by atoms with Crippen LogP contribution in [-0.2, 0) is 0 Å². The van der Waals surface area contributed by atoms with Gasteiger partial charge >= 0.3 is 0 Å². The minimum absolute atomic E-state index is 0.0669. The minimum atomic E-state index is -0.153. The van der Waals surface area contributed by atoms with E-state index in [4.69, 9.17) is 16.3 Å². The van der Waals surface area contributed by atoms with Crippen LogP contribution in [0.2, 0.25) is 5.02 Å². The summed E-state index contributed by atoms with van der Waals surface area (Å²) in [6, 6.07) is 22.9. The van der Waals surface area contributed by atoms with E-state index in [-0.39, 0.29) is 11.8 Å². The Hall–Kier alpha value is -2.78. The predicted molar refractivity (Wildman–Crippen MR) is 111 cm³/mol. The summed E-state index contributed by atoms with van der Waals surface area (Å²) < 4.78 is 5.16. The molecule has 0 aromatic heterocycles. The van der Waals surface area contributed by atoms with Crippen LogP contribution in [0.1, 0.15) is 33.9 Å². The molecule has 3 aromatic rings. The largest absolute Gasteiger partial charge is 0.497 e. The van der Waals surface area contributed by atoms with Gasteiger partial charge in [0.25, 0.3) is 0 Å². The summed E-state index contributed by atoms with van der Waals surface area (Å²) in [5.74, 6) is 0.802. The topological polar surface area (TPSA) is 38.3 Å². The first kappa shape index (κ1) is 19.0. The van der Waals surface area contributed by atoms with Gasteiger partial charge in [0.15, 0.2) is 5.78 Å². The van der Waals surface area contributed by atoms with E-state index in [0.717, 1.165) is 22.6 Å². The standard InChI is InChI=1S/C23H22ClNO2/c1-16-8-11-19(14-21(16)24)25-22(17-6-4-3-5-7-17)15-23(26)18-9-12-20(27-2)13-10-18/h3-14,22,25H,15H2,1-2H3. The maximum absolute atomic E-state index is 12.8. The number of hydrogen-bond donors (Lipinski definition) is 1. The first-order chi connectivity index (χ1) is 13.1. The van der Waals surface area contributed by atoms with Crippen molar-refractivity contribution in [2.45, 2.75) is 19.4 Å². The fraction of sp³-hybridized carbons (Fsp3) is 0.174. The Kier molecular flexibility index (Phi) is 6.15. The lowest BCUT2D eigenvalue weighted by atomic mass is 9.97. The van der Waals surface area contributed by atoms with Gasteiger partial charge in [0, 0.05) is 22.7 Å². The van der Waals surface area contributed by atoms with Gasteiger partial charge in [0.1, 0.15) is 5.75 Å². The van der Waals surface area contributed by atoms with E-state index < -0.39 is 0 Å². The Labute approximate surface area is 164 Å². The van der Waals surface area contributed by atoms with E-state index in [1.807, 2.05) is 55.5 Å². The molecule has 4 heteroatoms. The zero-order chi connectivity index (χ0) is 19.2. The van der Waals surface area contributed by atoms with Crippen molar-refractivity contribution in [3.8, 4) is 5.75 Å². The second kappa shape index (κ2) is 8.74. The number of nitrogens with one attached hydrogen (secondary N) is 1. The van der Waals surface area contributed by atoms with Crippen LogP contribution < -0.4 is 10.1 Å². The van der Waals surface area contributed by atoms with Gasteiger partial charge in [-0.05, 0) is 54.4 Å². The molecule has 0 radical (unpaired) electrons. The molecule has 3 nitrogen and oxygen atoms in total. The SMILES string of the molecule is COc1ccc(C(=O)CC(Nc2ccc(C)c(Cl)c2)c2ccccc2)cc1. The third kappa shape index (κ3) is 4.89. The molecule has 0 bridgehead atoms. The lowest BCUT2D eigenvalue weighted by Crippen LogP contribution is -2.16. The zero-order valence-corrected chi connectivity index (χ0v) is 16.2. The van der Waals surface area contributed by atoms with E-state index in [1.54, 1.807) is 31.4 Å². The van der Waals surface area contributed by atoms with Gasteiger partial charge in [-0.3, -0.25) is 4.79 Å². The van der Waals surface area contributed by atoms with Gasteiger partial charge < -0.3 is 10.1 Å². The van der Waals surface area contributed by atoms with Crippen LogP contribution >= 0.6 is 11.6 Å². The molecule has 1 atom stereocenters. The summed E-state index contributed by atoms with van der Waals surface area (Å²) in [5.41, 5.74) is 3.63. The number of halogens is 1. The first-order valence-corrected chi connectivity index (χ1v) is 9.19. The smallest absolute Gasteiger partial charge is 0.165 e. The number of rotatable bonds is 7. The van der Waals surface area contributed by atoms with Crippen molar-refractivity contribution < 1.29 is 9.53 Å². The Bertz CT molecular complexity index is 907. The van der Waals surface area contributed by atoms with E-state index in [9.17, 15) is 4.79 Å². The average Bonchev–Trinajstić information content (AvgIpc) is 2.71. The van der Waals surface area contributed by atoms with Crippen LogP contribution in [0.4, 0.5) is 5.69 Å².